The highest BCUT2D eigenvalue weighted by molar-refractivity contribution is 5.78. The summed E-state index contributed by atoms with van der Waals surface area (Å²) in [5.74, 6) is 1.33. The summed E-state index contributed by atoms with van der Waals surface area (Å²) in [5, 5.41) is 7.86. The summed E-state index contributed by atoms with van der Waals surface area (Å²) < 4.78 is 45.2. The molecule has 2 saturated heterocycles. The smallest absolute Gasteiger partial charge is 0.379 e. The zero-order valence-electron chi connectivity index (χ0n) is 20.5. The maximum absolute atomic E-state index is 13.2. The maximum atomic E-state index is 13.2. The van der Waals surface area contributed by atoms with Crippen molar-refractivity contribution in [3.63, 3.8) is 0 Å². The summed E-state index contributed by atoms with van der Waals surface area (Å²) in [6.07, 6.45) is 4.40. The Morgan fingerprint density at radius 3 is 2.46 bits per heavy atom. The molecule has 1 aliphatic carbocycles. The SMILES string of the molecule is CC(COCCC(=O)N1C2CCC1CN(c1ncc(C3CC3)cn1)C2)Nc1cn[nH]c(=O)c1C(F)(F)F. The number of carbonyl (C=O) groups is 1. The van der Waals surface area contributed by atoms with E-state index >= 15 is 0 Å². The van der Waals surface area contributed by atoms with Crippen LogP contribution >= 0.6 is 0 Å². The predicted molar refractivity (Wildman–Crippen MR) is 128 cm³/mol. The second kappa shape index (κ2) is 10.3. The summed E-state index contributed by atoms with van der Waals surface area (Å²) in [7, 11) is 0. The molecule has 0 aromatic carbocycles. The molecular formula is C24H30F3N7O3. The second-order valence-electron chi connectivity index (χ2n) is 10.0. The van der Waals surface area contributed by atoms with Gasteiger partial charge in [-0.05, 0) is 44.1 Å². The van der Waals surface area contributed by atoms with Crippen LogP contribution in [0.1, 0.15) is 56.1 Å². The maximum Gasteiger partial charge on any atom is 0.423 e. The van der Waals surface area contributed by atoms with Gasteiger partial charge in [-0.3, -0.25) is 9.59 Å². The van der Waals surface area contributed by atoms with Gasteiger partial charge >= 0.3 is 6.18 Å². The van der Waals surface area contributed by atoms with E-state index in [1.54, 1.807) is 12.0 Å². The molecular weight excluding hydrogens is 491 g/mol. The van der Waals surface area contributed by atoms with E-state index in [0.29, 0.717) is 25.0 Å². The molecule has 1 amide bonds. The van der Waals surface area contributed by atoms with Crippen LogP contribution in [-0.2, 0) is 15.7 Å². The van der Waals surface area contributed by atoms with Gasteiger partial charge in [0.2, 0.25) is 11.9 Å². The molecule has 2 aromatic heterocycles. The monoisotopic (exact) mass is 521 g/mol. The van der Waals surface area contributed by atoms with Crippen LogP contribution < -0.4 is 15.8 Å². The van der Waals surface area contributed by atoms with Gasteiger partial charge in [0.05, 0.1) is 31.5 Å². The molecule has 2 aliphatic heterocycles. The Kier molecular flexibility index (Phi) is 7.06. The van der Waals surface area contributed by atoms with Crippen molar-refractivity contribution in [3.8, 4) is 0 Å². The van der Waals surface area contributed by atoms with E-state index in [2.05, 4.69) is 25.3 Å². The number of amides is 1. The standard InChI is InChI=1S/C24H30F3N7O3/c1-14(31-19-10-30-32-22(36)21(19)24(25,26)27)13-37-7-6-20(35)34-17-4-5-18(34)12-33(11-17)23-28-8-16(9-29-23)15-2-3-15/h8-10,14-15,17-18H,2-7,11-13H2,1H3,(H2,31,32,36). The van der Waals surface area contributed by atoms with Crippen molar-refractivity contribution in [2.75, 3.05) is 36.5 Å². The van der Waals surface area contributed by atoms with E-state index in [-0.39, 0.29) is 37.6 Å². The topological polar surface area (TPSA) is 116 Å². The Hall–Kier alpha value is -3.22. The number of anilines is 2. The van der Waals surface area contributed by atoms with Crippen LogP contribution in [-0.4, -0.2) is 75.4 Å². The van der Waals surface area contributed by atoms with Gasteiger partial charge in [0, 0.05) is 43.6 Å². The summed E-state index contributed by atoms with van der Waals surface area (Å²) in [5.41, 5.74) is -1.86. The third kappa shape index (κ3) is 5.71. The molecule has 2 N–H and O–H groups in total. The minimum atomic E-state index is -4.82. The lowest BCUT2D eigenvalue weighted by atomic mass is 10.1. The Morgan fingerprint density at radius 1 is 1.16 bits per heavy atom. The number of piperazine rings is 1. The van der Waals surface area contributed by atoms with Gasteiger partial charge in [0.15, 0.2) is 0 Å². The van der Waals surface area contributed by atoms with Gasteiger partial charge < -0.3 is 19.9 Å². The minimum absolute atomic E-state index is 0.0101. The Balaban J connectivity index is 1.08. The Bertz CT molecular complexity index is 1160. The number of carbonyl (C=O) groups excluding carboxylic acids is 1. The lowest BCUT2D eigenvalue weighted by molar-refractivity contribution is -0.138. The fourth-order valence-electron chi connectivity index (χ4n) is 5.24. The van der Waals surface area contributed by atoms with Gasteiger partial charge in [0.1, 0.15) is 5.56 Å². The highest BCUT2D eigenvalue weighted by Gasteiger charge is 2.43. The van der Waals surface area contributed by atoms with Crippen molar-refractivity contribution in [2.24, 2.45) is 0 Å². The highest BCUT2D eigenvalue weighted by atomic mass is 19.4. The second-order valence-corrected chi connectivity index (χ2v) is 10.0. The molecule has 1 saturated carbocycles. The Morgan fingerprint density at radius 2 is 1.84 bits per heavy atom. The molecule has 200 valence electrons. The van der Waals surface area contributed by atoms with Gasteiger partial charge in [0.25, 0.3) is 5.56 Å². The highest BCUT2D eigenvalue weighted by Crippen LogP contribution is 2.40. The van der Waals surface area contributed by atoms with Crippen molar-refractivity contribution in [1.29, 1.82) is 0 Å². The fraction of sp³-hybridized carbons (Fsp3) is 0.625. The molecule has 5 rings (SSSR count). The number of fused-ring (bicyclic) bond motifs is 2. The molecule has 2 aromatic rings. The molecule has 10 nitrogen and oxygen atoms in total. The van der Waals surface area contributed by atoms with Crippen LogP contribution in [0.15, 0.2) is 23.4 Å². The number of alkyl halides is 3. The van der Waals surface area contributed by atoms with Crippen LogP contribution in [0.4, 0.5) is 24.8 Å². The van der Waals surface area contributed by atoms with Gasteiger partial charge in [-0.2, -0.15) is 18.3 Å². The quantitative estimate of drug-likeness (QED) is 0.484. The van der Waals surface area contributed by atoms with Crippen LogP contribution in [0.5, 0.6) is 0 Å². The van der Waals surface area contributed by atoms with Crippen molar-refractivity contribution < 1.29 is 22.7 Å². The summed E-state index contributed by atoms with van der Waals surface area (Å²) in [6, 6.07) is -0.336. The minimum Gasteiger partial charge on any atom is -0.379 e. The van der Waals surface area contributed by atoms with Crippen LogP contribution in [0.3, 0.4) is 0 Å². The third-order valence-corrected chi connectivity index (χ3v) is 7.13. The zero-order chi connectivity index (χ0) is 26.2. The fourth-order valence-corrected chi connectivity index (χ4v) is 5.24. The number of H-pyrrole nitrogens is 1. The van der Waals surface area contributed by atoms with Crippen LogP contribution in [0, 0.1) is 0 Å². The first-order valence-corrected chi connectivity index (χ1v) is 12.6. The third-order valence-electron chi connectivity index (χ3n) is 7.13. The van der Waals surface area contributed by atoms with Crippen molar-refractivity contribution in [2.45, 2.75) is 69.2 Å². The zero-order valence-corrected chi connectivity index (χ0v) is 20.5. The van der Waals surface area contributed by atoms with E-state index < -0.39 is 29.0 Å². The first-order valence-electron chi connectivity index (χ1n) is 12.6. The van der Waals surface area contributed by atoms with Gasteiger partial charge in [-0.1, -0.05) is 0 Å². The molecule has 2 bridgehead atoms. The first kappa shape index (κ1) is 25.4. The molecule has 3 atom stereocenters. The molecule has 4 heterocycles. The van der Waals surface area contributed by atoms with Crippen molar-refractivity contribution >= 4 is 17.5 Å². The molecule has 3 aliphatic rings. The molecule has 0 radical (unpaired) electrons. The van der Waals surface area contributed by atoms with E-state index in [4.69, 9.17) is 4.74 Å². The summed E-state index contributed by atoms with van der Waals surface area (Å²) in [4.78, 5) is 37.8. The van der Waals surface area contributed by atoms with Crippen molar-refractivity contribution in [1.82, 2.24) is 25.1 Å². The largest absolute Gasteiger partial charge is 0.423 e. The number of rotatable bonds is 9. The van der Waals surface area contributed by atoms with Crippen LogP contribution in [0.2, 0.25) is 0 Å². The molecule has 3 fully saturated rings. The lowest BCUT2D eigenvalue weighted by Gasteiger charge is -2.41. The van der Waals surface area contributed by atoms with Gasteiger partial charge in [-0.15, -0.1) is 0 Å². The normalized spacial score (nSPS) is 22.3. The number of ether oxygens (including phenoxy) is 1. The van der Waals surface area contributed by atoms with Gasteiger partial charge in [-0.25, -0.2) is 15.1 Å². The lowest BCUT2D eigenvalue weighted by Crippen LogP contribution is -2.56. The van der Waals surface area contributed by atoms with E-state index in [9.17, 15) is 22.8 Å². The molecule has 37 heavy (non-hydrogen) atoms. The number of aromatic amines is 1. The van der Waals surface area contributed by atoms with Crippen LogP contribution in [0.25, 0.3) is 0 Å². The number of hydrogen-bond acceptors (Lipinski definition) is 8. The van der Waals surface area contributed by atoms with E-state index in [0.717, 1.165) is 19.0 Å². The summed E-state index contributed by atoms with van der Waals surface area (Å²) >= 11 is 0. The summed E-state index contributed by atoms with van der Waals surface area (Å²) in [6.45, 7) is 3.22. The average Bonchev–Trinajstić information content (AvgIpc) is 3.66. The first-order chi connectivity index (χ1) is 17.7. The predicted octanol–water partition coefficient (Wildman–Crippen LogP) is 2.54. The average molecular weight is 522 g/mol. The Labute approximate surface area is 211 Å². The van der Waals surface area contributed by atoms with E-state index in [1.807, 2.05) is 17.3 Å². The molecule has 3 unspecified atom stereocenters. The van der Waals surface area contributed by atoms with E-state index in [1.165, 1.54) is 18.4 Å². The molecule has 13 heteroatoms. The van der Waals surface area contributed by atoms with Crippen molar-refractivity contribution in [3.05, 3.63) is 40.1 Å². The number of aromatic nitrogens is 4. The number of nitrogens with zero attached hydrogens (tertiary/aromatic N) is 5. The number of halogens is 3. The number of nitrogens with one attached hydrogen (secondary N) is 2. The number of hydrogen-bond donors (Lipinski definition) is 2. The molecule has 0 spiro atoms.